The molecule has 1 aliphatic rings. The molecule has 1 aromatic carbocycles. The first-order valence-electron chi connectivity index (χ1n) is 6.20. The summed E-state index contributed by atoms with van der Waals surface area (Å²) in [6.07, 6.45) is 0. The number of aryl methyl sites for hydroxylation is 1. The Morgan fingerprint density at radius 2 is 2.05 bits per heavy atom. The normalized spacial score (nSPS) is 15.1. The Morgan fingerprint density at radius 3 is 2.67 bits per heavy atom. The van der Waals surface area contributed by atoms with Gasteiger partial charge in [-0.3, -0.25) is 4.57 Å². The van der Waals surface area contributed by atoms with Gasteiger partial charge < -0.3 is 10.4 Å². The molecule has 110 valence electrons. The Balaban J connectivity index is 2.42. The van der Waals surface area contributed by atoms with Gasteiger partial charge in [0, 0.05) is 6.07 Å². The third-order valence-corrected chi connectivity index (χ3v) is 3.46. The van der Waals surface area contributed by atoms with Crippen LogP contribution in [0.3, 0.4) is 0 Å². The molecule has 0 radical (unpaired) electrons. The quantitative estimate of drug-likeness (QED) is 0.843. The molecule has 0 bridgehead atoms. The Bertz CT molecular complexity index is 783. The van der Waals surface area contributed by atoms with Crippen LogP contribution < -0.4 is 5.32 Å². The smallest absolute Gasteiger partial charge is 0.341 e. The second-order valence-electron chi connectivity index (χ2n) is 5.40. The van der Waals surface area contributed by atoms with Gasteiger partial charge in [0.15, 0.2) is 11.6 Å². The fourth-order valence-electron chi connectivity index (χ4n) is 2.55. The van der Waals surface area contributed by atoms with Crippen molar-refractivity contribution in [1.82, 2.24) is 14.8 Å². The highest BCUT2D eigenvalue weighted by Gasteiger charge is 2.37. The average molecular weight is 294 g/mol. The van der Waals surface area contributed by atoms with Crippen LogP contribution in [0.1, 0.15) is 35.9 Å². The first kappa shape index (κ1) is 13.5. The molecule has 0 saturated heterocycles. The van der Waals surface area contributed by atoms with E-state index in [1.807, 2.05) is 0 Å². The van der Waals surface area contributed by atoms with Crippen LogP contribution in [-0.2, 0) is 5.54 Å². The maximum absolute atomic E-state index is 14.5. The highest BCUT2D eigenvalue weighted by atomic mass is 19.1. The van der Waals surface area contributed by atoms with E-state index in [9.17, 15) is 13.6 Å². The molecule has 0 amide bonds. The molecule has 6 nitrogen and oxygen atoms in total. The van der Waals surface area contributed by atoms with Crippen LogP contribution >= 0.6 is 0 Å². The molecule has 8 heteroatoms. The number of fused-ring (bicyclic) bond motifs is 3. The lowest BCUT2D eigenvalue weighted by Crippen LogP contribution is -2.36. The Morgan fingerprint density at radius 1 is 1.38 bits per heavy atom. The van der Waals surface area contributed by atoms with Crippen LogP contribution in [0.2, 0.25) is 0 Å². The van der Waals surface area contributed by atoms with Crippen molar-refractivity contribution in [3.63, 3.8) is 0 Å². The lowest BCUT2D eigenvalue weighted by atomic mass is 9.98. The van der Waals surface area contributed by atoms with Crippen LogP contribution in [0.5, 0.6) is 0 Å². The molecule has 0 spiro atoms. The van der Waals surface area contributed by atoms with Crippen molar-refractivity contribution in [3.8, 4) is 5.69 Å². The number of benzene rings is 1. The van der Waals surface area contributed by atoms with Crippen molar-refractivity contribution >= 4 is 11.7 Å². The summed E-state index contributed by atoms with van der Waals surface area (Å²) >= 11 is 0. The first-order chi connectivity index (χ1) is 9.74. The largest absolute Gasteiger partial charge is 0.477 e. The number of aromatic nitrogens is 3. The minimum atomic E-state index is -1.66. The molecule has 2 aromatic rings. The van der Waals surface area contributed by atoms with Crippen LogP contribution in [0, 0.1) is 18.6 Å². The van der Waals surface area contributed by atoms with E-state index in [1.165, 1.54) is 4.57 Å². The van der Waals surface area contributed by atoms with E-state index in [4.69, 9.17) is 5.11 Å². The van der Waals surface area contributed by atoms with E-state index in [2.05, 4.69) is 15.5 Å². The van der Waals surface area contributed by atoms with Gasteiger partial charge in [-0.1, -0.05) is 0 Å². The summed E-state index contributed by atoms with van der Waals surface area (Å²) in [5, 5.41) is 19.8. The van der Waals surface area contributed by atoms with Crippen molar-refractivity contribution in [2.75, 3.05) is 5.32 Å². The summed E-state index contributed by atoms with van der Waals surface area (Å²) in [5.74, 6) is -3.12. The van der Waals surface area contributed by atoms with Crippen LogP contribution in [-0.4, -0.2) is 25.8 Å². The number of carboxylic acid groups (broad SMARTS) is 1. The highest BCUT2D eigenvalue weighted by molar-refractivity contribution is 5.91. The second kappa shape index (κ2) is 4.00. The summed E-state index contributed by atoms with van der Waals surface area (Å²) < 4.78 is 29.8. The second-order valence-corrected chi connectivity index (χ2v) is 5.40. The van der Waals surface area contributed by atoms with Crippen molar-refractivity contribution in [2.24, 2.45) is 0 Å². The van der Waals surface area contributed by atoms with Crippen molar-refractivity contribution in [1.29, 1.82) is 0 Å². The third-order valence-electron chi connectivity index (χ3n) is 3.46. The first-order valence-corrected chi connectivity index (χ1v) is 6.20. The van der Waals surface area contributed by atoms with Gasteiger partial charge in [0.25, 0.3) is 0 Å². The average Bonchev–Trinajstić information content (AvgIpc) is 2.70. The number of halogens is 2. The van der Waals surface area contributed by atoms with E-state index in [-0.39, 0.29) is 11.4 Å². The van der Waals surface area contributed by atoms with Crippen molar-refractivity contribution < 1.29 is 18.7 Å². The molecule has 21 heavy (non-hydrogen) atoms. The standard InChI is InChI=1S/C13H12F2N4O2/c1-5-17-18-12-13(2,3)16-7-4-6(14)8(11(20)21)9(15)10(7)19(5)12/h4,16H,1-3H3,(H,20,21). The summed E-state index contributed by atoms with van der Waals surface area (Å²) in [5.41, 5.74) is -1.60. The lowest BCUT2D eigenvalue weighted by molar-refractivity contribution is 0.0686. The van der Waals surface area contributed by atoms with E-state index >= 15 is 0 Å². The number of carbonyl (C=O) groups is 1. The minimum Gasteiger partial charge on any atom is -0.477 e. The number of carboxylic acids is 1. The molecular formula is C13H12F2N4O2. The zero-order chi connectivity index (χ0) is 15.5. The number of rotatable bonds is 1. The number of hydrogen-bond donors (Lipinski definition) is 2. The van der Waals surface area contributed by atoms with Gasteiger partial charge in [0.2, 0.25) is 0 Å². The van der Waals surface area contributed by atoms with Crippen molar-refractivity contribution in [2.45, 2.75) is 26.3 Å². The number of aromatic carboxylic acids is 1. The number of hydrogen-bond acceptors (Lipinski definition) is 4. The predicted molar refractivity (Wildman–Crippen MR) is 69.6 cm³/mol. The van der Waals surface area contributed by atoms with Crippen LogP contribution in [0.25, 0.3) is 5.69 Å². The molecular weight excluding hydrogens is 282 g/mol. The van der Waals surface area contributed by atoms with Crippen molar-refractivity contribution in [3.05, 3.63) is 34.9 Å². The van der Waals surface area contributed by atoms with E-state index in [1.54, 1.807) is 20.8 Å². The van der Waals surface area contributed by atoms with E-state index < -0.39 is 28.7 Å². The highest BCUT2D eigenvalue weighted by Crippen LogP contribution is 2.39. The summed E-state index contributed by atoms with van der Waals surface area (Å²) in [6, 6.07) is 0.978. The fraction of sp³-hybridized carbons (Fsp3) is 0.308. The van der Waals surface area contributed by atoms with Gasteiger partial charge in [-0.2, -0.15) is 0 Å². The summed E-state index contributed by atoms with van der Waals surface area (Å²) in [4.78, 5) is 11.1. The predicted octanol–water partition coefficient (Wildman–Crippen LogP) is 2.21. The van der Waals surface area contributed by atoms with Gasteiger partial charge in [-0.05, 0) is 20.8 Å². The third kappa shape index (κ3) is 1.71. The monoisotopic (exact) mass is 294 g/mol. The zero-order valence-corrected chi connectivity index (χ0v) is 11.5. The van der Waals surface area contributed by atoms with Gasteiger partial charge in [0.1, 0.15) is 22.9 Å². The molecule has 3 rings (SSSR count). The Labute approximate surface area is 118 Å². The number of nitrogens with zero attached hydrogens (tertiary/aromatic N) is 3. The molecule has 0 saturated carbocycles. The maximum Gasteiger partial charge on any atom is 0.341 e. The molecule has 2 heterocycles. The number of nitrogens with one attached hydrogen (secondary N) is 1. The lowest BCUT2D eigenvalue weighted by Gasteiger charge is -2.34. The number of anilines is 1. The van der Waals surface area contributed by atoms with E-state index in [0.717, 1.165) is 6.07 Å². The fourth-order valence-corrected chi connectivity index (χ4v) is 2.55. The van der Waals surface area contributed by atoms with Gasteiger partial charge >= 0.3 is 5.97 Å². The zero-order valence-electron chi connectivity index (χ0n) is 11.5. The maximum atomic E-state index is 14.5. The Kier molecular flexibility index (Phi) is 2.56. The van der Waals surface area contributed by atoms with Gasteiger partial charge in [-0.15, -0.1) is 10.2 Å². The topological polar surface area (TPSA) is 80.0 Å². The summed E-state index contributed by atoms with van der Waals surface area (Å²) in [7, 11) is 0. The SMILES string of the molecule is Cc1nnc2n1-c1c(cc(F)c(C(=O)O)c1F)NC2(C)C. The Hall–Kier alpha value is -2.51. The minimum absolute atomic E-state index is 0.0781. The molecule has 2 N–H and O–H groups in total. The van der Waals surface area contributed by atoms with Crippen LogP contribution in [0.15, 0.2) is 6.07 Å². The van der Waals surface area contributed by atoms with Gasteiger partial charge in [-0.25, -0.2) is 13.6 Å². The van der Waals surface area contributed by atoms with Crippen LogP contribution in [0.4, 0.5) is 14.5 Å². The molecule has 0 aliphatic carbocycles. The van der Waals surface area contributed by atoms with E-state index in [0.29, 0.717) is 11.6 Å². The molecule has 0 atom stereocenters. The molecule has 0 unspecified atom stereocenters. The molecule has 0 fully saturated rings. The molecule has 1 aromatic heterocycles. The summed E-state index contributed by atoms with van der Waals surface area (Å²) in [6.45, 7) is 5.19. The van der Waals surface area contributed by atoms with Gasteiger partial charge in [0.05, 0.1) is 11.2 Å². The molecule has 1 aliphatic heterocycles.